The molecule has 1 radical (unpaired) electrons. The van der Waals surface area contributed by atoms with Crippen LogP contribution in [0.25, 0.3) is 11.1 Å². The van der Waals surface area contributed by atoms with Crippen LogP contribution >= 0.6 is 23.2 Å². The molecule has 0 aromatic heterocycles. The summed E-state index contributed by atoms with van der Waals surface area (Å²) < 4.78 is 0. The number of fused-ring (bicyclic) bond motifs is 1. The van der Waals surface area contributed by atoms with Crippen molar-refractivity contribution in [2.24, 2.45) is 5.73 Å². The predicted octanol–water partition coefficient (Wildman–Crippen LogP) is 3.31. The second kappa shape index (κ2) is 5.68. The van der Waals surface area contributed by atoms with Gasteiger partial charge in [0.25, 0.3) is 0 Å². The molecule has 1 aliphatic rings. The monoisotopic (exact) mass is 319 g/mol. The summed E-state index contributed by atoms with van der Waals surface area (Å²) >= 11 is 12.2. The van der Waals surface area contributed by atoms with Gasteiger partial charge in [-0.25, -0.2) is 5.32 Å². The minimum atomic E-state index is -0.100. The van der Waals surface area contributed by atoms with Crippen LogP contribution in [0.2, 0.25) is 10.0 Å². The van der Waals surface area contributed by atoms with Crippen molar-refractivity contribution in [1.82, 2.24) is 5.32 Å². The maximum absolute atomic E-state index is 11.6. The number of hydrogen-bond donors (Lipinski definition) is 1. The van der Waals surface area contributed by atoms with E-state index < -0.39 is 0 Å². The van der Waals surface area contributed by atoms with Crippen LogP contribution in [0.4, 0.5) is 0 Å². The normalized spacial score (nSPS) is 13.8. The molecule has 1 amide bonds. The first kappa shape index (κ1) is 14.4. The van der Waals surface area contributed by atoms with Crippen LogP contribution in [0.3, 0.4) is 0 Å². The molecule has 0 bridgehead atoms. The van der Waals surface area contributed by atoms with Crippen molar-refractivity contribution in [2.75, 3.05) is 0 Å². The number of benzene rings is 2. The molecule has 2 aromatic carbocycles. The number of nitrogens with zero attached hydrogens (tertiary/aromatic N) is 1. The summed E-state index contributed by atoms with van der Waals surface area (Å²) in [7, 11) is 0. The molecule has 3 nitrogen and oxygen atoms in total. The second-order valence-electron chi connectivity index (χ2n) is 4.94. The largest absolute Gasteiger partial charge is 0.326 e. The maximum Gasteiger partial charge on any atom is 0.245 e. The smallest absolute Gasteiger partial charge is 0.245 e. The van der Waals surface area contributed by atoms with Gasteiger partial charge in [-0.15, -0.1) is 0 Å². The Morgan fingerprint density at radius 2 is 1.90 bits per heavy atom. The molecule has 0 aliphatic carbocycles. The second-order valence-corrected chi connectivity index (χ2v) is 5.79. The van der Waals surface area contributed by atoms with Gasteiger partial charge in [-0.1, -0.05) is 41.4 Å². The zero-order chi connectivity index (χ0) is 15.0. The Morgan fingerprint density at radius 3 is 2.62 bits per heavy atom. The summed E-state index contributed by atoms with van der Waals surface area (Å²) in [5.41, 5.74) is 10.8. The lowest BCUT2D eigenvalue weighted by atomic mass is 9.88. The lowest BCUT2D eigenvalue weighted by Crippen LogP contribution is -2.26. The third-order valence-corrected chi connectivity index (χ3v) is 4.26. The molecule has 2 N–H and O–H groups in total. The molecule has 1 heterocycles. The first-order valence-electron chi connectivity index (χ1n) is 6.59. The molecular formula is C16H13Cl2N2O. The van der Waals surface area contributed by atoms with E-state index >= 15 is 0 Å². The molecule has 0 atom stereocenters. The fourth-order valence-corrected chi connectivity index (χ4v) is 3.19. The van der Waals surface area contributed by atoms with Crippen LogP contribution in [0.5, 0.6) is 0 Å². The highest BCUT2D eigenvalue weighted by Gasteiger charge is 2.22. The minimum absolute atomic E-state index is 0.100. The Balaban J connectivity index is 2.19. The van der Waals surface area contributed by atoms with Gasteiger partial charge >= 0.3 is 0 Å². The number of hydrogen-bond acceptors (Lipinski definition) is 2. The highest BCUT2D eigenvalue weighted by atomic mass is 35.5. The molecular weight excluding hydrogens is 307 g/mol. The van der Waals surface area contributed by atoms with E-state index in [0.717, 1.165) is 27.8 Å². The van der Waals surface area contributed by atoms with Gasteiger partial charge in [-0.05, 0) is 34.4 Å². The van der Waals surface area contributed by atoms with Crippen molar-refractivity contribution in [3.05, 3.63) is 57.1 Å². The summed E-state index contributed by atoms with van der Waals surface area (Å²) in [5, 5.41) is 5.12. The van der Waals surface area contributed by atoms with E-state index in [0.29, 0.717) is 29.6 Å². The Bertz CT molecular complexity index is 728. The van der Waals surface area contributed by atoms with E-state index in [4.69, 9.17) is 28.9 Å². The molecule has 21 heavy (non-hydrogen) atoms. The SMILES string of the molecule is NCc1c(-c2ccc(Cl)cc2Cl)ccc2c1CC(=O)[N]C2. The predicted molar refractivity (Wildman–Crippen MR) is 84.3 cm³/mol. The first-order valence-corrected chi connectivity index (χ1v) is 7.35. The molecule has 0 saturated carbocycles. The fourth-order valence-electron chi connectivity index (χ4n) is 2.68. The summed E-state index contributed by atoms with van der Waals surface area (Å²) in [6.07, 6.45) is 0.306. The zero-order valence-corrected chi connectivity index (χ0v) is 12.7. The van der Waals surface area contributed by atoms with E-state index in [9.17, 15) is 4.79 Å². The number of amides is 1. The van der Waals surface area contributed by atoms with Crippen LogP contribution in [0, 0.1) is 0 Å². The summed E-state index contributed by atoms with van der Waals surface area (Å²) in [6.45, 7) is 0.778. The van der Waals surface area contributed by atoms with Crippen molar-refractivity contribution in [3.8, 4) is 11.1 Å². The topological polar surface area (TPSA) is 57.2 Å². The third-order valence-electron chi connectivity index (χ3n) is 3.71. The van der Waals surface area contributed by atoms with Gasteiger partial charge in [0.1, 0.15) is 0 Å². The number of carbonyl (C=O) groups is 1. The van der Waals surface area contributed by atoms with E-state index in [1.54, 1.807) is 12.1 Å². The van der Waals surface area contributed by atoms with Gasteiger partial charge in [-0.2, -0.15) is 0 Å². The summed E-state index contributed by atoms with van der Waals surface area (Å²) in [4.78, 5) is 11.6. The molecule has 2 aromatic rings. The standard InChI is InChI=1S/C16H13Cl2N2O/c17-10-2-4-12(15(18)5-10)11-3-1-9-8-20-16(21)6-13(9)14(11)7-19/h1-5H,6-8,19H2. The van der Waals surface area contributed by atoms with Crippen LogP contribution < -0.4 is 11.1 Å². The van der Waals surface area contributed by atoms with E-state index in [2.05, 4.69) is 5.32 Å². The Hall–Kier alpha value is -1.55. The van der Waals surface area contributed by atoms with Crippen LogP contribution in [-0.4, -0.2) is 5.91 Å². The fraction of sp³-hybridized carbons (Fsp3) is 0.188. The van der Waals surface area contributed by atoms with Gasteiger partial charge < -0.3 is 5.73 Å². The van der Waals surface area contributed by atoms with Crippen molar-refractivity contribution >= 4 is 29.1 Å². The lowest BCUT2D eigenvalue weighted by Gasteiger charge is -2.21. The zero-order valence-electron chi connectivity index (χ0n) is 11.2. The number of nitrogens with two attached hydrogens (primary N) is 1. The molecule has 0 unspecified atom stereocenters. The van der Waals surface area contributed by atoms with Gasteiger partial charge in [0, 0.05) is 22.2 Å². The number of halogens is 2. The van der Waals surface area contributed by atoms with E-state index in [1.165, 1.54) is 0 Å². The van der Waals surface area contributed by atoms with Crippen LogP contribution in [-0.2, 0) is 24.3 Å². The molecule has 0 saturated heterocycles. The van der Waals surface area contributed by atoms with Gasteiger partial charge in [0.05, 0.1) is 13.0 Å². The first-order chi connectivity index (χ1) is 10.1. The summed E-state index contributed by atoms with van der Waals surface area (Å²) in [5.74, 6) is -0.100. The molecule has 107 valence electrons. The average Bonchev–Trinajstić information content (AvgIpc) is 2.46. The number of carbonyl (C=O) groups excluding carboxylic acids is 1. The summed E-state index contributed by atoms with van der Waals surface area (Å²) in [6, 6.07) is 9.36. The lowest BCUT2D eigenvalue weighted by molar-refractivity contribution is -0.121. The molecule has 0 spiro atoms. The minimum Gasteiger partial charge on any atom is -0.326 e. The number of rotatable bonds is 2. The molecule has 1 aliphatic heterocycles. The van der Waals surface area contributed by atoms with Gasteiger partial charge in [-0.3, -0.25) is 4.79 Å². The van der Waals surface area contributed by atoms with E-state index in [-0.39, 0.29) is 5.91 Å². The average molecular weight is 320 g/mol. The van der Waals surface area contributed by atoms with Gasteiger partial charge in [0.15, 0.2) is 0 Å². The van der Waals surface area contributed by atoms with Crippen molar-refractivity contribution in [1.29, 1.82) is 0 Å². The Kier molecular flexibility index (Phi) is 3.89. The van der Waals surface area contributed by atoms with Crippen molar-refractivity contribution in [2.45, 2.75) is 19.5 Å². The van der Waals surface area contributed by atoms with E-state index in [1.807, 2.05) is 18.2 Å². The van der Waals surface area contributed by atoms with Crippen LogP contribution in [0.1, 0.15) is 16.7 Å². The Labute approximate surface area is 133 Å². The van der Waals surface area contributed by atoms with Crippen molar-refractivity contribution < 1.29 is 4.79 Å². The maximum atomic E-state index is 11.6. The highest BCUT2D eigenvalue weighted by Crippen LogP contribution is 2.35. The van der Waals surface area contributed by atoms with Crippen LogP contribution in [0.15, 0.2) is 30.3 Å². The molecule has 3 rings (SSSR count). The highest BCUT2D eigenvalue weighted by molar-refractivity contribution is 6.36. The quantitative estimate of drug-likeness (QED) is 0.923. The van der Waals surface area contributed by atoms with Crippen molar-refractivity contribution in [3.63, 3.8) is 0 Å². The van der Waals surface area contributed by atoms with Gasteiger partial charge in [0.2, 0.25) is 5.91 Å². The molecule has 5 heteroatoms. The Morgan fingerprint density at radius 1 is 1.14 bits per heavy atom. The molecule has 0 fully saturated rings. The third kappa shape index (κ3) is 2.64.